The topological polar surface area (TPSA) is 26.0 Å². The summed E-state index contributed by atoms with van der Waals surface area (Å²) in [4.78, 5) is 0. The van der Waals surface area contributed by atoms with Crippen LogP contribution in [0.1, 0.15) is 18.9 Å². The maximum absolute atomic E-state index is 5.93. The Balaban J connectivity index is 2.85. The van der Waals surface area contributed by atoms with E-state index in [2.05, 4.69) is 0 Å². The number of hydrogen-bond donors (Lipinski definition) is 1. The largest absolute Gasteiger partial charge is 0.398 e. The molecule has 1 nitrogen and oxygen atoms in total. The standard InChI is InChI=1S/C12H14ClN/c1-2-6-11(13)9-12(14)10-7-4-3-5-8-10/h3-9H,2,14H2,1H3/b11-6+,12-9-. The molecule has 0 aliphatic rings. The Labute approximate surface area is 89.9 Å². The normalized spacial score (nSPS) is 13.0. The van der Waals surface area contributed by atoms with Crippen molar-refractivity contribution >= 4 is 17.3 Å². The molecule has 0 saturated carbocycles. The van der Waals surface area contributed by atoms with Crippen molar-refractivity contribution in [2.24, 2.45) is 5.73 Å². The van der Waals surface area contributed by atoms with Crippen molar-refractivity contribution in [3.63, 3.8) is 0 Å². The van der Waals surface area contributed by atoms with Crippen molar-refractivity contribution in [3.05, 3.63) is 53.1 Å². The number of nitrogens with two attached hydrogens (primary N) is 1. The molecule has 0 heterocycles. The monoisotopic (exact) mass is 207 g/mol. The minimum atomic E-state index is 0.689. The summed E-state index contributed by atoms with van der Waals surface area (Å²) in [6.45, 7) is 2.04. The van der Waals surface area contributed by atoms with Gasteiger partial charge in [-0.3, -0.25) is 0 Å². The molecule has 1 rings (SSSR count). The van der Waals surface area contributed by atoms with E-state index < -0.39 is 0 Å². The summed E-state index contributed by atoms with van der Waals surface area (Å²) in [7, 11) is 0. The summed E-state index contributed by atoms with van der Waals surface area (Å²) in [6, 6.07) is 9.78. The van der Waals surface area contributed by atoms with Crippen molar-refractivity contribution in [2.45, 2.75) is 13.3 Å². The minimum Gasteiger partial charge on any atom is -0.398 e. The predicted octanol–water partition coefficient (Wildman–Crippen LogP) is 3.52. The molecule has 2 N–H and O–H groups in total. The van der Waals surface area contributed by atoms with Gasteiger partial charge in [0, 0.05) is 10.7 Å². The van der Waals surface area contributed by atoms with E-state index in [9.17, 15) is 0 Å². The second-order valence-corrected chi connectivity index (χ2v) is 3.40. The first-order valence-electron chi connectivity index (χ1n) is 4.62. The van der Waals surface area contributed by atoms with Crippen LogP contribution in [0.25, 0.3) is 5.70 Å². The number of rotatable bonds is 3. The molecule has 74 valence electrons. The number of benzene rings is 1. The molecule has 0 amide bonds. The van der Waals surface area contributed by atoms with Gasteiger partial charge in [0.1, 0.15) is 0 Å². The average Bonchev–Trinajstić information content (AvgIpc) is 2.19. The molecule has 0 fully saturated rings. The zero-order valence-electron chi connectivity index (χ0n) is 8.20. The minimum absolute atomic E-state index is 0.689. The first-order chi connectivity index (χ1) is 6.74. The number of allylic oxidation sites excluding steroid dienone is 3. The Morgan fingerprint density at radius 2 is 2.00 bits per heavy atom. The van der Waals surface area contributed by atoms with Gasteiger partial charge in [0.05, 0.1) is 0 Å². The van der Waals surface area contributed by atoms with Gasteiger partial charge in [-0.1, -0.05) is 54.9 Å². The van der Waals surface area contributed by atoms with Crippen LogP contribution in [0.15, 0.2) is 47.5 Å². The highest BCUT2D eigenvalue weighted by atomic mass is 35.5. The van der Waals surface area contributed by atoms with Crippen LogP contribution in [-0.4, -0.2) is 0 Å². The quantitative estimate of drug-likeness (QED) is 0.755. The van der Waals surface area contributed by atoms with Gasteiger partial charge in [-0.2, -0.15) is 0 Å². The smallest absolute Gasteiger partial charge is 0.0402 e. The summed E-state index contributed by atoms with van der Waals surface area (Å²) in [5, 5.41) is 0.689. The number of halogens is 1. The fraction of sp³-hybridized carbons (Fsp3) is 0.167. The van der Waals surface area contributed by atoms with Crippen molar-refractivity contribution in [2.75, 3.05) is 0 Å². The predicted molar refractivity (Wildman–Crippen MR) is 62.8 cm³/mol. The van der Waals surface area contributed by atoms with Gasteiger partial charge in [0.15, 0.2) is 0 Å². The lowest BCUT2D eigenvalue weighted by Crippen LogP contribution is -1.95. The molecule has 0 aromatic heterocycles. The van der Waals surface area contributed by atoms with Crippen LogP contribution in [0.5, 0.6) is 0 Å². The lowest BCUT2D eigenvalue weighted by Gasteiger charge is -2.00. The van der Waals surface area contributed by atoms with E-state index in [-0.39, 0.29) is 0 Å². The molecule has 1 aromatic rings. The summed E-state index contributed by atoms with van der Waals surface area (Å²) >= 11 is 5.93. The lowest BCUT2D eigenvalue weighted by molar-refractivity contribution is 1.22. The molecular weight excluding hydrogens is 194 g/mol. The summed E-state index contributed by atoms with van der Waals surface area (Å²) < 4.78 is 0. The van der Waals surface area contributed by atoms with Gasteiger partial charge in [-0.25, -0.2) is 0 Å². The van der Waals surface area contributed by atoms with E-state index >= 15 is 0 Å². The van der Waals surface area contributed by atoms with E-state index in [1.807, 2.05) is 43.3 Å². The van der Waals surface area contributed by atoms with Crippen LogP contribution in [0, 0.1) is 0 Å². The van der Waals surface area contributed by atoms with Gasteiger partial charge in [0.25, 0.3) is 0 Å². The van der Waals surface area contributed by atoms with Crippen LogP contribution in [0.3, 0.4) is 0 Å². The molecule has 0 spiro atoms. The lowest BCUT2D eigenvalue weighted by atomic mass is 10.1. The molecule has 0 unspecified atom stereocenters. The van der Waals surface area contributed by atoms with Gasteiger partial charge in [-0.05, 0) is 18.1 Å². The fourth-order valence-electron chi connectivity index (χ4n) is 1.12. The maximum atomic E-state index is 5.93. The highest BCUT2D eigenvalue weighted by Gasteiger charge is 1.94. The molecule has 0 radical (unpaired) electrons. The molecule has 0 aliphatic carbocycles. The van der Waals surface area contributed by atoms with Crippen molar-refractivity contribution in [1.29, 1.82) is 0 Å². The summed E-state index contributed by atoms with van der Waals surface area (Å²) in [6.07, 6.45) is 4.62. The summed E-state index contributed by atoms with van der Waals surface area (Å²) in [5.41, 5.74) is 7.55. The third kappa shape index (κ3) is 3.27. The molecule has 14 heavy (non-hydrogen) atoms. The third-order valence-corrected chi connectivity index (χ3v) is 2.06. The molecule has 2 heteroatoms. The van der Waals surface area contributed by atoms with E-state index in [0.717, 1.165) is 12.0 Å². The van der Waals surface area contributed by atoms with Crippen molar-refractivity contribution in [3.8, 4) is 0 Å². The van der Waals surface area contributed by atoms with E-state index in [1.54, 1.807) is 6.08 Å². The van der Waals surface area contributed by atoms with E-state index in [0.29, 0.717) is 10.7 Å². The van der Waals surface area contributed by atoms with Crippen LogP contribution in [-0.2, 0) is 0 Å². The zero-order chi connectivity index (χ0) is 10.4. The average molecular weight is 208 g/mol. The molecule has 0 aliphatic heterocycles. The SMILES string of the molecule is CC/C=C(Cl)\C=C(/N)c1ccccc1. The second-order valence-electron chi connectivity index (χ2n) is 2.96. The van der Waals surface area contributed by atoms with Crippen molar-refractivity contribution in [1.82, 2.24) is 0 Å². The summed E-state index contributed by atoms with van der Waals surface area (Å²) in [5.74, 6) is 0. The Morgan fingerprint density at radius 1 is 1.36 bits per heavy atom. The van der Waals surface area contributed by atoms with Gasteiger partial charge in [-0.15, -0.1) is 0 Å². The Hall–Kier alpha value is -1.21. The maximum Gasteiger partial charge on any atom is 0.0402 e. The first-order valence-corrected chi connectivity index (χ1v) is 5.00. The zero-order valence-corrected chi connectivity index (χ0v) is 8.96. The highest BCUT2D eigenvalue weighted by Crippen LogP contribution is 2.13. The number of hydrogen-bond acceptors (Lipinski definition) is 1. The van der Waals surface area contributed by atoms with Crippen LogP contribution in [0.4, 0.5) is 0 Å². The molecule has 0 atom stereocenters. The second kappa shape index (κ2) is 5.51. The van der Waals surface area contributed by atoms with E-state index in [1.165, 1.54) is 0 Å². The molecular formula is C12H14ClN. The third-order valence-electron chi connectivity index (χ3n) is 1.80. The molecule has 0 bridgehead atoms. The van der Waals surface area contributed by atoms with Gasteiger partial charge in [0.2, 0.25) is 0 Å². The van der Waals surface area contributed by atoms with Gasteiger partial charge < -0.3 is 5.73 Å². The van der Waals surface area contributed by atoms with Crippen LogP contribution in [0.2, 0.25) is 0 Å². The van der Waals surface area contributed by atoms with E-state index in [4.69, 9.17) is 17.3 Å². The Kier molecular flexibility index (Phi) is 4.27. The van der Waals surface area contributed by atoms with Crippen molar-refractivity contribution < 1.29 is 0 Å². The molecule has 0 saturated heterocycles. The van der Waals surface area contributed by atoms with Crippen LogP contribution >= 0.6 is 11.6 Å². The van der Waals surface area contributed by atoms with Gasteiger partial charge >= 0.3 is 0 Å². The first kappa shape index (κ1) is 10.9. The highest BCUT2D eigenvalue weighted by molar-refractivity contribution is 6.31. The van der Waals surface area contributed by atoms with Crippen LogP contribution < -0.4 is 5.73 Å². The molecule has 1 aromatic carbocycles. The Morgan fingerprint density at radius 3 is 2.57 bits per heavy atom. The fourth-order valence-corrected chi connectivity index (χ4v) is 1.39. The Bertz CT molecular complexity index is 339.